The first-order valence-electron chi connectivity index (χ1n) is 5.88. The molecule has 1 atom stereocenters. The molecule has 0 aromatic carbocycles. The largest absolute Gasteiger partial charge is 0.389 e. The van der Waals surface area contributed by atoms with E-state index in [-0.39, 0.29) is 6.04 Å². The third-order valence-corrected chi connectivity index (χ3v) is 3.18. The number of hydrogen-bond donors (Lipinski definition) is 1. The van der Waals surface area contributed by atoms with Crippen molar-refractivity contribution in [2.24, 2.45) is 5.73 Å². The van der Waals surface area contributed by atoms with Crippen molar-refractivity contribution in [1.82, 2.24) is 4.98 Å². The average Bonchev–Trinajstić information content (AvgIpc) is 2.26. The summed E-state index contributed by atoms with van der Waals surface area (Å²) in [7, 11) is 3.67. The summed E-state index contributed by atoms with van der Waals surface area (Å²) < 4.78 is 5.17. The summed E-state index contributed by atoms with van der Waals surface area (Å²) in [6.07, 6.45) is 0. The molecule has 0 amide bonds. The second kappa shape index (κ2) is 6.11. The minimum atomic E-state index is 0.205. The number of ether oxygens (including phenoxy) is 1. The smallest absolute Gasteiger partial charge is 0.139 e. The number of nitrogens with zero attached hydrogens (tertiary/aromatic N) is 2. The van der Waals surface area contributed by atoms with E-state index in [1.54, 1.807) is 7.11 Å². The van der Waals surface area contributed by atoms with Crippen LogP contribution in [0.25, 0.3) is 0 Å². The maximum Gasteiger partial charge on any atom is 0.139 e. The van der Waals surface area contributed by atoms with Gasteiger partial charge in [0.15, 0.2) is 0 Å². The van der Waals surface area contributed by atoms with Crippen LogP contribution >= 0.6 is 12.2 Å². The molecule has 18 heavy (non-hydrogen) atoms. The molecule has 0 aliphatic rings. The van der Waals surface area contributed by atoms with E-state index in [9.17, 15) is 0 Å². The van der Waals surface area contributed by atoms with Crippen molar-refractivity contribution in [3.8, 4) is 0 Å². The van der Waals surface area contributed by atoms with E-state index in [0.717, 1.165) is 22.6 Å². The van der Waals surface area contributed by atoms with Crippen molar-refractivity contribution in [2.75, 3.05) is 25.7 Å². The van der Waals surface area contributed by atoms with Crippen LogP contribution < -0.4 is 10.6 Å². The van der Waals surface area contributed by atoms with E-state index in [1.165, 1.54) is 0 Å². The predicted molar refractivity (Wildman–Crippen MR) is 79.3 cm³/mol. The van der Waals surface area contributed by atoms with Crippen LogP contribution in [0.3, 0.4) is 0 Å². The van der Waals surface area contributed by atoms with Crippen molar-refractivity contribution >= 4 is 23.0 Å². The highest BCUT2D eigenvalue weighted by Gasteiger charge is 2.18. The minimum absolute atomic E-state index is 0.205. The Morgan fingerprint density at radius 1 is 1.56 bits per heavy atom. The Morgan fingerprint density at radius 3 is 2.67 bits per heavy atom. The van der Waals surface area contributed by atoms with E-state index in [4.69, 9.17) is 22.7 Å². The maximum atomic E-state index is 5.81. The number of likely N-dealkylation sites (N-methyl/N-ethyl adjacent to an activating group) is 1. The zero-order chi connectivity index (χ0) is 13.9. The fraction of sp³-hybridized carbons (Fsp3) is 0.538. The molecule has 4 nitrogen and oxygen atoms in total. The normalized spacial score (nSPS) is 12.3. The van der Waals surface area contributed by atoms with E-state index in [0.29, 0.717) is 11.6 Å². The van der Waals surface area contributed by atoms with Gasteiger partial charge in [-0.3, -0.25) is 0 Å². The standard InChI is InChI=1S/C13H21N3OS/c1-8-6-9(2)15-13(11(8)12(14)18)16(4)10(3)7-17-5/h6,10H,7H2,1-5H3,(H2,14,18). The van der Waals surface area contributed by atoms with Crippen molar-refractivity contribution in [3.05, 3.63) is 22.9 Å². The Morgan fingerprint density at radius 2 is 2.17 bits per heavy atom. The SMILES string of the molecule is COCC(C)N(C)c1nc(C)cc(C)c1C(N)=S. The van der Waals surface area contributed by atoms with Gasteiger partial charge in [-0.15, -0.1) is 0 Å². The van der Waals surface area contributed by atoms with E-state index in [1.807, 2.05) is 27.0 Å². The molecule has 1 heterocycles. The summed E-state index contributed by atoms with van der Waals surface area (Å²) >= 11 is 5.13. The Kier molecular flexibility index (Phi) is 5.04. The number of nitrogens with two attached hydrogens (primary N) is 1. The predicted octanol–water partition coefficient (Wildman–Crippen LogP) is 1.80. The highest BCUT2D eigenvalue weighted by Crippen LogP contribution is 2.23. The van der Waals surface area contributed by atoms with Crippen LogP contribution in [0.15, 0.2) is 6.07 Å². The first-order chi connectivity index (χ1) is 8.38. The van der Waals surface area contributed by atoms with Crippen LogP contribution in [0.2, 0.25) is 0 Å². The summed E-state index contributed by atoms with van der Waals surface area (Å²) in [5.74, 6) is 0.824. The molecule has 0 saturated carbocycles. The second-order valence-corrected chi connectivity index (χ2v) is 5.00. The van der Waals surface area contributed by atoms with Gasteiger partial charge in [0.25, 0.3) is 0 Å². The lowest BCUT2D eigenvalue weighted by molar-refractivity contribution is 0.183. The van der Waals surface area contributed by atoms with Gasteiger partial charge in [-0.1, -0.05) is 12.2 Å². The topological polar surface area (TPSA) is 51.4 Å². The molecular formula is C13H21N3OS. The van der Waals surface area contributed by atoms with Gasteiger partial charge in [-0.2, -0.15) is 0 Å². The van der Waals surface area contributed by atoms with Crippen molar-refractivity contribution in [2.45, 2.75) is 26.8 Å². The molecule has 0 bridgehead atoms. The quantitative estimate of drug-likeness (QED) is 0.825. The maximum absolute atomic E-state index is 5.81. The average molecular weight is 267 g/mol. The number of methoxy groups -OCH3 is 1. The third kappa shape index (κ3) is 3.17. The van der Waals surface area contributed by atoms with Gasteiger partial charge in [-0.25, -0.2) is 4.98 Å². The first-order valence-corrected chi connectivity index (χ1v) is 6.29. The summed E-state index contributed by atoms with van der Waals surface area (Å²) in [4.78, 5) is 7.00. The molecule has 0 fully saturated rings. The van der Waals surface area contributed by atoms with Crippen LogP contribution in [0.4, 0.5) is 5.82 Å². The Hall–Kier alpha value is -1.20. The van der Waals surface area contributed by atoms with Crippen molar-refractivity contribution < 1.29 is 4.74 Å². The molecule has 0 radical (unpaired) electrons. The summed E-state index contributed by atoms with van der Waals surface area (Å²) in [5, 5.41) is 0. The Labute approximate surface area is 114 Å². The molecule has 5 heteroatoms. The summed E-state index contributed by atoms with van der Waals surface area (Å²) in [6.45, 7) is 6.67. The molecule has 1 unspecified atom stereocenters. The monoisotopic (exact) mass is 267 g/mol. The molecule has 0 aliphatic carbocycles. The molecule has 0 spiro atoms. The zero-order valence-electron chi connectivity index (χ0n) is 11.7. The number of hydrogen-bond acceptors (Lipinski definition) is 4. The minimum Gasteiger partial charge on any atom is -0.389 e. The second-order valence-electron chi connectivity index (χ2n) is 4.56. The van der Waals surface area contributed by atoms with Gasteiger partial charge in [0.05, 0.1) is 18.2 Å². The zero-order valence-corrected chi connectivity index (χ0v) is 12.5. The van der Waals surface area contributed by atoms with Gasteiger partial charge in [0, 0.05) is 19.9 Å². The molecule has 0 aliphatic heterocycles. The molecular weight excluding hydrogens is 246 g/mol. The van der Waals surface area contributed by atoms with Gasteiger partial charge in [-0.05, 0) is 32.4 Å². The molecule has 1 rings (SSSR count). The third-order valence-electron chi connectivity index (χ3n) is 2.98. The number of pyridine rings is 1. The van der Waals surface area contributed by atoms with Crippen LogP contribution in [0.5, 0.6) is 0 Å². The highest BCUT2D eigenvalue weighted by atomic mass is 32.1. The fourth-order valence-corrected chi connectivity index (χ4v) is 2.19. The van der Waals surface area contributed by atoms with E-state index >= 15 is 0 Å². The van der Waals surface area contributed by atoms with Crippen LogP contribution in [-0.4, -0.2) is 36.8 Å². The van der Waals surface area contributed by atoms with Crippen LogP contribution in [-0.2, 0) is 4.74 Å². The van der Waals surface area contributed by atoms with Gasteiger partial charge >= 0.3 is 0 Å². The number of thiocarbonyl (C=S) groups is 1. The first kappa shape index (κ1) is 14.9. The lowest BCUT2D eigenvalue weighted by Crippen LogP contribution is -2.35. The Balaban J connectivity index is 3.25. The van der Waals surface area contributed by atoms with E-state index in [2.05, 4.69) is 16.8 Å². The van der Waals surface area contributed by atoms with Crippen molar-refractivity contribution in [3.63, 3.8) is 0 Å². The summed E-state index contributed by atoms with van der Waals surface area (Å²) in [5.41, 5.74) is 8.67. The molecule has 100 valence electrons. The van der Waals surface area contributed by atoms with Crippen LogP contribution in [0, 0.1) is 13.8 Å². The molecule has 1 aromatic heterocycles. The highest BCUT2D eigenvalue weighted by molar-refractivity contribution is 7.80. The number of rotatable bonds is 5. The lowest BCUT2D eigenvalue weighted by Gasteiger charge is -2.28. The molecule has 1 aromatic rings. The number of anilines is 1. The number of aryl methyl sites for hydroxylation is 2. The van der Waals surface area contributed by atoms with Crippen LogP contribution in [0.1, 0.15) is 23.7 Å². The van der Waals surface area contributed by atoms with Gasteiger partial charge in [0.1, 0.15) is 10.8 Å². The Bertz CT molecular complexity index is 448. The van der Waals surface area contributed by atoms with Crippen molar-refractivity contribution in [1.29, 1.82) is 0 Å². The number of aromatic nitrogens is 1. The molecule has 0 saturated heterocycles. The van der Waals surface area contributed by atoms with E-state index < -0.39 is 0 Å². The fourth-order valence-electron chi connectivity index (χ4n) is 1.94. The lowest BCUT2D eigenvalue weighted by atomic mass is 10.1. The van der Waals surface area contributed by atoms with Gasteiger partial charge < -0.3 is 15.4 Å². The molecule has 2 N–H and O–H groups in total. The summed E-state index contributed by atoms with van der Waals surface area (Å²) in [6, 6.07) is 2.20. The van der Waals surface area contributed by atoms with Gasteiger partial charge in [0.2, 0.25) is 0 Å².